The van der Waals surface area contributed by atoms with Crippen molar-refractivity contribution < 1.29 is 4.74 Å². The maximum absolute atomic E-state index is 5.29. The summed E-state index contributed by atoms with van der Waals surface area (Å²) in [6, 6.07) is 14.6. The van der Waals surface area contributed by atoms with E-state index in [0.29, 0.717) is 11.8 Å². The second-order valence-corrected chi connectivity index (χ2v) is 8.09. The number of ether oxygens (including phenoxy) is 1. The summed E-state index contributed by atoms with van der Waals surface area (Å²) in [7, 11) is 1.70. The van der Waals surface area contributed by atoms with E-state index in [1.165, 1.54) is 22.8 Å². The molecule has 3 aromatic rings. The van der Waals surface area contributed by atoms with Crippen LogP contribution in [-0.4, -0.2) is 39.6 Å². The Morgan fingerprint density at radius 1 is 1.04 bits per heavy atom. The SMILES string of the molecule is COc1ccc(-c2cnc3n2C[C@@H]2CN(Cc4cccc(C)n4)C[C@H]2C3)cc1. The number of pyridine rings is 1. The van der Waals surface area contributed by atoms with E-state index in [9.17, 15) is 0 Å². The van der Waals surface area contributed by atoms with Gasteiger partial charge in [0, 0.05) is 43.9 Å². The standard InChI is InChI=1S/C23H26N4O/c1-16-4-3-5-20(25-16)15-26-12-18-10-23-24-11-22(27(23)14-19(18)13-26)17-6-8-21(28-2)9-7-17/h3-9,11,18-19H,10,12-15H2,1-2H3/t18-,19+/m1/s1. The summed E-state index contributed by atoms with van der Waals surface area (Å²) in [5.74, 6) is 3.49. The van der Waals surface area contributed by atoms with Gasteiger partial charge in [0.15, 0.2) is 0 Å². The number of likely N-dealkylation sites (tertiary alicyclic amines) is 1. The molecular weight excluding hydrogens is 348 g/mol. The molecule has 0 amide bonds. The van der Waals surface area contributed by atoms with Gasteiger partial charge in [-0.3, -0.25) is 9.88 Å². The van der Waals surface area contributed by atoms with E-state index in [-0.39, 0.29) is 0 Å². The van der Waals surface area contributed by atoms with Crippen molar-refractivity contribution in [2.45, 2.75) is 26.4 Å². The van der Waals surface area contributed by atoms with E-state index in [4.69, 9.17) is 9.72 Å². The molecule has 0 N–H and O–H groups in total. The van der Waals surface area contributed by atoms with E-state index in [2.05, 4.69) is 51.7 Å². The van der Waals surface area contributed by atoms with Crippen LogP contribution in [0, 0.1) is 18.8 Å². The Labute approximate surface area is 166 Å². The van der Waals surface area contributed by atoms with Crippen LogP contribution >= 0.6 is 0 Å². The van der Waals surface area contributed by atoms with Crippen LogP contribution in [0.15, 0.2) is 48.7 Å². The number of aromatic nitrogens is 3. The molecule has 2 aliphatic heterocycles. The Morgan fingerprint density at radius 2 is 1.86 bits per heavy atom. The van der Waals surface area contributed by atoms with Gasteiger partial charge in [-0.25, -0.2) is 4.98 Å². The first-order valence-electron chi connectivity index (χ1n) is 10.0. The van der Waals surface area contributed by atoms with E-state index in [0.717, 1.165) is 44.0 Å². The van der Waals surface area contributed by atoms with Gasteiger partial charge >= 0.3 is 0 Å². The molecule has 1 aromatic carbocycles. The summed E-state index contributed by atoms with van der Waals surface area (Å²) in [5, 5.41) is 0. The summed E-state index contributed by atoms with van der Waals surface area (Å²) in [4.78, 5) is 12.0. The molecule has 0 radical (unpaired) electrons. The van der Waals surface area contributed by atoms with Gasteiger partial charge in [0.05, 0.1) is 24.7 Å². The quantitative estimate of drug-likeness (QED) is 0.700. The third-order valence-electron chi connectivity index (χ3n) is 6.17. The number of nitrogens with zero attached hydrogens (tertiary/aromatic N) is 4. The number of fused-ring (bicyclic) bond motifs is 2. The first kappa shape index (κ1) is 17.4. The Kier molecular flexibility index (Phi) is 4.40. The molecule has 5 rings (SSSR count). The van der Waals surface area contributed by atoms with E-state index in [1.807, 2.05) is 18.3 Å². The molecule has 0 aliphatic carbocycles. The highest BCUT2D eigenvalue weighted by atomic mass is 16.5. The molecule has 0 spiro atoms. The predicted molar refractivity (Wildman–Crippen MR) is 109 cm³/mol. The molecule has 144 valence electrons. The van der Waals surface area contributed by atoms with E-state index >= 15 is 0 Å². The Balaban J connectivity index is 1.33. The second kappa shape index (κ2) is 7.06. The van der Waals surface area contributed by atoms with Gasteiger partial charge in [-0.2, -0.15) is 0 Å². The maximum Gasteiger partial charge on any atom is 0.118 e. The summed E-state index contributed by atoms with van der Waals surface area (Å²) in [6.45, 7) is 6.35. The van der Waals surface area contributed by atoms with Gasteiger partial charge in [0.2, 0.25) is 0 Å². The molecule has 0 bridgehead atoms. The number of aryl methyl sites for hydroxylation is 1. The summed E-state index contributed by atoms with van der Waals surface area (Å²) in [6.07, 6.45) is 3.10. The van der Waals surface area contributed by atoms with Crippen LogP contribution in [0.1, 0.15) is 17.2 Å². The Bertz CT molecular complexity index is 979. The topological polar surface area (TPSA) is 43.2 Å². The van der Waals surface area contributed by atoms with Gasteiger partial charge in [0.1, 0.15) is 11.6 Å². The minimum atomic E-state index is 0.684. The molecule has 5 heteroatoms. The highest BCUT2D eigenvalue weighted by Gasteiger charge is 2.38. The zero-order valence-corrected chi connectivity index (χ0v) is 16.5. The van der Waals surface area contributed by atoms with Crippen molar-refractivity contribution in [1.29, 1.82) is 0 Å². The molecule has 0 unspecified atom stereocenters. The lowest BCUT2D eigenvalue weighted by Crippen LogP contribution is -2.28. The minimum Gasteiger partial charge on any atom is -0.497 e. The van der Waals surface area contributed by atoms with Gasteiger partial charge in [0.25, 0.3) is 0 Å². The fourth-order valence-electron chi connectivity index (χ4n) is 4.76. The molecular formula is C23H26N4O. The van der Waals surface area contributed by atoms with Crippen LogP contribution in [0.2, 0.25) is 0 Å². The van der Waals surface area contributed by atoms with Crippen molar-refractivity contribution in [3.8, 4) is 17.0 Å². The van der Waals surface area contributed by atoms with Crippen molar-refractivity contribution in [2.24, 2.45) is 11.8 Å². The van der Waals surface area contributed by atoms with Crippen molar-refractivity contribution in [2.75, 3.05) is 20.2 Å². The number of benzene rings is 1. The summed E-state index contributed by atoms with van der Waals surface area (Å²) >= 11 is 0. The van der Waals surface area contributed by atoms with Crippen LogP contribution in [0.25, 0.3) is 11.3 Å². The maximum atomic E-state index is 5.29. The fourth-order valence-corrected chi connectivity index (χ4v) is 4.76. The monoisotopic (exact) mass is 374 g/mol. The number of methoxy groups -OCH3 is 1. The van der Waals surface area contributed by atoms with E-state index in [1.54, 1.807) is 7.11 Å². The largest absolute Gasteiger partial charge is 0.497 e. The predicted octanol–water partition coefficient (Wildman–Crippen LogP) is 3.57. The van der Waals surface area contributed by atoms with Gasteiger partial charge in [-0.05, 0) is 55.2 Å². The first-order valence-corrected chi connectivity index (χ1v) is 10.0. The first-order chi connectivity index (χ1) is 13.7. The third-order valence-corrected chi connectivity index (χ3v) is 6.17. The van der Waals surface area contributed by atoms with Crippen molar-refractivity contribution in [1.82, 2.24) is 19.4 Å². The minimum absolute atomic E-state index is 0.684. The number of hydrogen-bond donors (Lipinski definition) is 0. The lowest BCUT2D eigenvalue weighted by Gasteiger charge is -2.27. The van der Waals surface area contributed by atoms with Crippen LogP contribution in [0.4, 0.5) is 0 Å². The number of hydrogen-bond acceptors (Lipinski definition) is 4. The molecule has 0 saturated carbocycles. The Morgan fingerprint density at radius 3 is 2.64 bits per heavy atom. The van der Waals surface area contributed by atoms with Gasteiger partial charge in [-0.1, -0.05) is 6.07 Å². The summed E-state index contributed by atoms with van der Waals surface area (Å²) in [5.41, 5.74) is 4.69. The zero-order chi connectivity index (χ0) is 19.1. The van der Waals surface area contributed by atoms with Crippen LogP contribution < -0.4 is 4.74 Å². The summed E-state index contributed by atoms with van der Waals surface area (Å²) < 4.78 is 7.72. The fraction of sp³-hybridized carbons (Fsp3) is 0.391. The van der Waals surface area contributed by atoms with Gasteiger partial charge < -0.3 is 9.30 Å². The average molecular weight is 374 g/mol. The molecule has 2 aliphatic rings. The van der Waals surface area contributed by atoms with E-state index < -0.39 is 0 Å². The van der Waals surface area contributed by atoms with Crippen LogP contribution in [0.5, 0.6) is 5.75 Å². The highest BCUT2D eigenvalue weighted by molar-refractivity contribution is 5.60. The van der Waals surface area contributed by atoms with Crippen LogP contribution in [-0.2, 0) is 19.5 Å². The highest BCUT2D eigenvalue weighted by Crippen LogP contribution is 2.36. The molecule has 28 heavy (non-hydrogen) atoms. The molecule has 2 atom stereocenters. The van der Waals surface area contributed by atoms with Gasteiger partial charge in [-0.15, -0.1) is 0 Å². The molecule has 5 nitrogen and oxygen atoms in total. The van der Waals surface area contributed by atoms with Crippen molar-refractivity contribution in [3.05, 3.63) is 65.9 Å². The average Bonchev–Trinajstić information content (AvgIpc) is 3.28. The third kappa shape index (κ3) is 3.20. The smallest absolute Gasteiger partial charge is 0.118 e. The molecule has 1 saturated heterocycles. The normalized spacial score (nSPS) is 21.4. The number of rotatable bonds is 4. The second-order valence-electron chi connectivity index (χ2n) is 8.09. The zero-order valence-electron chi connectivity index (χ0n) is 16.5. The molecule has 4 heterocycles. The van der Waals surface area contributed by atoms with Crippen LogP contribution in [0.3, 0.4) is 0 Å². The molecule has 1 fully saturated rings. The lowest BCUT2D eigenvalue weighted by atomic mass is 9.89. The Hall–Kier alpha value is -2.66. The molecule has 2 aromatic heterocycles. The van der Waals surface area contributed by atoms with Crippen molar-refractivity contribution in [3.63, 3.8) is 0 Å². The van der Waals surface area contributed by atoms with Crippen molar-refractivity contribution >= 4 is 0 Å². The lowest BCUT2D eigenvalue weighted by molar-refractivity contribution is 0.304. The number of imidazole rings is 1.